The fourth-order valence-corrected chi connectivity index (χ4v) is 2.00. The van der Waals surface area contributed by atoms with E-state index >= 15 is 0 Å². The minimum atomic E-state index is -0.214. The summed E-state index contributed by atoms with van der Waals surface area (Å²) in [7, 11) is 3.29. The summed E-state index contributed by atoms with van der Waals surface area (Å²) in [6.07, 6.45) is 2.11. The maximum absolute atomic E-state index is 9.76. The molecule has 0 spiro atoms. The zero-order valence-electron chi connectivity index (χ0n) is 11.0. The molecule has 18 heavy (non-hydrogen) atoms. The number of rotatable bonds is 7. The van der Waals surface area contributed by atoms with E-state index in [2.05, 4.69) is 5.32 Å². The zero-order chi connectivity index (χ0) is 13.0. The number of nitrogens with one attached hydrogen (secondary N) is 1. The molecule has 2 N–H and O–H groups in total. The van der Waals surface area contributed by atoms with Gasteiger partial charge in [0.2, 0.25) is 0 Å². The van der Waals surface area contributed by atoms with E-state index in [9.17, 15) is 5.11 Å². The Morgan fingerprint density at radius 1 is 1.33 bits per heavy atom. The van der Waals surface area contributed by atoms with Gasteiger partial charge in [-0.05, 0) is 24.8 Å². The van der Waals surface area contributed by atoms with Crippen molar-refractivity contribution in [2.45, 2.75) is 25.5 Å². The fourth-order valence-electron chi connectivity index (χ4n) is 2.00. The van der Waals surface area contributed by atoms with E-state index in [0.29, 0.717) is 19.0 Å². The summed E-state index contributed by atoms with van der Waals surface area (Å²) in [4.78, 5) is 0. The highest BCUT2D eigenvalue weighted by Gasteiger charge is 2.29. The normalized spacial score (nSPS) is 16.4. The first-order valence-electron chi connectivity index (χ1n) is 6.34. The smallest absolute Gasteiger partial charge is 0.127 e. The topological polar surface area (TPSA) is 50.7 Å². The van der Waals surface area contributed by atoms with Crippen molar-refractivity contribution in [1.82, 2.24) is 5.32 Å². The first kappa shape index (κ1) is 13.2. The number of methoxy groups -OCH3 is 2. The quantitative estimate of drug-likeness (QED) is 0.772. The lowest BCUT2D eigenvalue weighted by Gasteiger charge is -2.13. The van der Waals surface area contributed by atoms with Gasteiger partial charge in [0.15, 0.2) is 0 Å². The summed E-state index contributed by atoms with van der Waals surface area (Å²) in [5.74, 6) is 2.10. The van der Waals surface area contributed by atoms with Crippen LogP contribution < -0.4 is 14.8 Å². The van der Waals surface area contributed by atoms with Gasteiger partial charge in [-0.2, -0.15) is 0 Å². The summed E-state index contributed by atoms with van der Waals surface area (Å²) in [6, 6.07) is 5.76. The van der Waals surface area contributed by atoms with Gasteiger partial charge in [0.05, 0.1) is 20.3 Å². The number of hydrogen-bond acceptors (Lipinski definition) is 4. The van der Waals surface area contributed by atoms with Crippen molar-refractivity contribution in [1.29, 1.82) is 0 Å². The van der Waals surface area contributed by atoms with Gasteiger partial charge in [0.25, 0.3) is 0 Å². The highest BCUT2D eigenvalue weighted by atomic mass is 16.5. The molecule has 2 rings (SSSR count). The number of ether oxygens (including phenoxy) is 2. The number of aliphatic hydroxyl groups excluding tert-OH is 1. The predicted octanol–water partition coefficient (Wildman–Crippen LogP) is 1.56. The molecule has 0 bridgehead atoms. The van der Waals surface area contributed by atoms with Gasteiger partial charge in [-0.3, -0.25) is 0 Å². The average molecular weight is 251 g/mol. The molecule has 1 unspecified atom stereocenters. The van der Waals surface area contributed by atoms with Crippen molar-refractivity contribution in [3.05, 3.63) is 23.8 Å². The van der Waals surface area contributed by atoms with Crippen molar-refractivity contribution in [2.75, 3.05) is 20.8 Å². The molecule has 0 heterocycles. The Kier molecular flexibility index (Phi) is 4.44. The molecular formula is C14H21NO3. The Morgan fingerprint density at radius 3 is 2.72 bits per heavy atom. The van der Waals surface area contributed by atoms with Crippen LogP contribution in [-0.2, 0) is 6.54 Å². The Labute approximate surface area is 108 Å². The highest BCUT2D eigenvalue weighted by molar-refractivity contribution is 5.40. The van der Waals surface area contributed by atoms with Crippen molar-refractivity contribution >= 4 is 0 Å². The maximum atomic E-state index is 9.76. The maximum Gasteiger partial charge on any atom is 0.127 e. The van der Waals surface area contributed by atoms with Crippen molar-refractivity contribution in [3.63, 3.8) is 0 Å². The fraction of sp³-hybridized carbons (Fsp3) is 0.571. The van der Waals surface area contributed by atoms with Crippen LogP contribution in [0, 0.1) is 5.92 Å². The van der Waals surface area contributed by atoms with E-state index in [1.165, 1.54) is 0 Å². The van der Waals surface area contributed by atoms with E-state index < -0.39 is 0 Å². The van der Waals surface area contributed by atoms with E-state index in [-0.39, 0.29) is 6.10 Å². The Bertz CT molecular complexity index is 391. The summed E-state index contributed by atoms with van der Waals surface area (Å²) in [5.41, 5.74) is 1.07. The third-order valence-corrected chi connectivity index (χ3v) is 3.33. The number of benzene rings is 1. The predicted molar refractivity (Wildman–Crippen MR) is 70.0 cm³/mol. The van der Waals surface area contributed by atoms with E-state index in [1.807, 2.05) is 18.2 Å². The lowest BCUT2D eigenvalue weighted by molar-refractivity contribution is 0.148. The third kappa shape index (κ3) is 3.37. The summed E-state index contributed by atoms with van der Waals surface area (Å²) in [5, 5.41) is 13.0. The van der Waals surface area contributed by atoms with Crippen LogP contribution in [0.15, 0.2) is 18.2 Å². The molecule has 1 aliphatic carbocycles. The largest absolute Gasteiger partial charge is 0.497 e. The molecule has 1 aliphatic rings. The summed E-state index contributed by atoms with van der Waals surface area (Å²) in [6.45, 7) is 1.33. The van der Waals surface area contributed by atoms with Crippen LogP contribution >= 0.6 is 0 Å². The molecule has 1 saturated carbocycles. The molecule has 0 radical (unpaired) electrons. The Balaban J connectivity index is 1.87. The van der Waals surface area contributed by atoms with Crippen LogP contribution in [-0.4, -0.2) is 32.0 Å². The second-order valence-electron chi connectivity index (χ2n) is 4.71. The molecule has 0 aromatic heterocycles. The van der Waals surface area contributed by atoms with Gasteiger partial charge in [0.1, 0.15) is 11.5 Å². The van der Waals surface area contributed by atoms with Crippen molar-refractivity contribution in [2.24, 2.45) is 5.92 Å². The van der Waals surface area contributed by atoms with Crippen LogP contribution in [0.4, 0.5) is 0 Å². The summed E-state index contributed by atoms with van der Waals surface area (Å²) >= 11 is 0. The molecule has 1 aromatic carbocycles. The minimum Gasteiger partial charge on any atom is -0.497 e. The van der Waals surface area contributed by atoms with E-state index in [1.54, 1.807) is 14.2 Å². The van der Waals surface area contributed by atoms with Gasteiger partial charge in [-0.1, -0.05) is 6.07 Å². The first-order valence-corrected chi connectivity index (χ1v) is 6.34. The molecule has 1 atom stereocenters. The Morgan fingerprint density at radius 2 is 2.11 bits per heavy atom. The molecular weight excluding hydrogens is 230 g/mol. The van der Waals surface area contributed by atoms with Crippen LogP contribution in [0.1, 0.15) is 18.4 Å². The van der Waals surface area contributed by atoms with Gasteiger partial charge in [-0.25, -0.2) is 0 Å². The number of aliphatic hydroxyl groups is 1. The van der Waals surface area contributed by atoms with Gasteiger partial charge >= 0.3 is 0 Å². The lowest BCUT2D eigenvalue weighted by atomic mass is 10.1. The van der Waals surface area contributed by atoms with Crippen molar-refractivity contribution < 1.29 is 14.6 Å². The second-order valence-corrected chi connectivity index (χ2v) is 4.71. The van der Waals surface area contributed by atoms with Crippen LogP contribution in [0.25, 0.3) is 0 Å². The van der Waals surface area contributed by atoms with Gasteiger partial charge < -0.3 is 19.9 Å². The summed E-state index contributed by atoms with van der Waals surface area (Å²) < 4.78 is 10.5. The molecule has 1 fully saturated rings. The Hall–Kier alpha value is -1.26. The molecule has 1 aromatic rings. The molecule has 0 saturated heterocycles. The molecule has 4 nitrogen and oxygen atoms in total. The number of hydrogen-bond donors (Lipinski definition) is 2. The second kappa shape index (κ2) is 6.07. The van der Waals surface area contributed by atoms with Gasteiger partial charge in [-0.15, -0.1) is 0 Å². The minimum absolute atomic E-state index is 0.214. The zero-order valence-corrected chi connectivity index (χ0v) is 11.0. The molecule has 0 amide bonds. The molecule has 100 valence electrons. The third-order valence-electron chi connectivity index (χ3n) is 3.33. The van der Waals surface area contributed by atoms with E-state index in [4.69, 9.17) is 9.47 Å². The monoisotopic (exact) mass is 251 g/mol. The van der Waals surface area contributed by atoms with Crippen LogP contribution in [0.3, 0.4) is 0 Å². The first-order chi connectivity index (χ1) is 8.74. The van der Waals surface area contributed by atoms with Crippen LogP contribution in [0.2, 0.25) is 0 Å². The highest BCUT2D eigenvalue weighted by Crippen LogP contribution is 2.32. The SMILES string of the molecule is COc1ccc(CNCC(O)C2CC2)c(OC)c1. The lowest BCUT2D eigenvalue weighted by Crippen LogP contribution is -2.27. The molecule has 4 heteroatoms. The van der Waals surface area contributed by atoms with Crippen molar-refractivity contribution in [3.8, 4) is 11.5 Å². The molecule has 0 aliphatic heterocycles. The average Bonchev–Trinajstić information content (AvgIpc) is 3.23. The van der Waals surface area contributed by atoms with E-state index in [0.717, 1.165) is 29.9 Å². The standard InChI is InChI=1S/C14H21NO3/c1-17-12-6-5-11(14(7-12)18-2)8-15-9-13(16)10-3-4-10/h5-7,10,13,15-16H,3-4,8-9H2,1-2H3. The van der Waals surface area contributed by atoms with Crippen LogP contribution in [0.5, 0.6) is 11.5 Å². The van der Waals surface area contributed by atoms with Gasteiger partial charge in [0, 0.05) is 24.7 Å².